The van der Waals surface area contributed by atoms with Gasteiger partial charge in [0.25, 0.3) is 5.91 Å². The number of carbonyl (C=O) groups is 1. The van der Waals surface area contributed by atoms with E-state index >= 15 is 0 Å². The number of nitrogens with zero attached hydrogens (tertiary/aromatic N) is 2. The van der Waals surface area contributed by atoms with Crippen LogP contribution >= 0.6 is 0 Å². The molecule has 0 saturated heterocycles. The molecule has 130 valence electrons. The van der Waals surface area contributed by atoms with Crippen molar-refractivity contribution in [1.82, 2.24) is 15.1 Å². The van der Waals surface area contributed by atoms with Gasteiger partial charge in [-0.25, -0.2) is 9.07 Å². The molecule has 0 bridgehead atoms. The van der Waals surface area contributed by atoms with Crippen molar-refractivity contribution in [2.45, 2.75) is 39.7 Å². The van der Waals surface area contributed by atoms with Crippen LogP contribution in [0.25, 0.3) is 5.69 Å². The zero-order valence-electron chi connectivity index (χ0n) is 14.6. The fourth-order valence-electron chi connectivity index (χ4n) is 2.90. The average molecular weight is 332 g/mol. The van der Waals surface area contributed by atoms with E-state index < -0.39 is 5.54 Å². The van der Waals surface area contributed by atoms with Crippen molar-refractivity contribution in [3.8, 4) is 5.69 Å². The Labute approximate surface area is 142 Å². The van der Waals surface area contributed by atoms with Gasteiger partial charge in [0.2, 0.25) is 0 Å². The number of aromatic nitrogens is 2. The van der Waals surface area contributed by atoms with Crippen molar-refractivity contribution >= 4 is 5.91 Å². The number of amides is 1. The smallest absolute Gasteiger partial charge is 0.255 e. The molecule has 0 aliphatic heterocycles. The molecule has 0 spiro atoms. The number of nitrogens with one attached hydrogen (secondary N) is 1. The maximum Gasteiger partial charge on any atom is 0.255 e. The Kier molecular flexibility index (Phi) is 5.39. The van der Waals surface area contributed by atoms with Gasteiger partial charge in [0.1, 0.15) is 5.82 Å². The Morgan fingerprint density at radius 2 is 2.00 bits per heavy atom. The number of hydrogen-bond donors (Lipinski definition) is 2. The van der Waals surface area contributed by atoms with Crippen LogP contribution in [0.5, 0.6) is 0 Å². The van der Waals surface area contributed by atoms with Crippen molar-refractivity contribution < 1.29 is 9.18 Å². The van der Waals surface area contributed by atoms with Gasteiger partial charge in [0.15, 0.2) is 0 Å². The summed E-state index contributed by atoms with van der Waals surface area (Å²) < 4.78 is 14.7. The van der Waals surface area contributed by atoms with E-state index in [9.17, 15) is 9.18 Å². The summed E-state index contributed by atoms with van der Waals surface area (Å²) in [7, 11) is 0. The third-order valence-electron chi connectivity index (χ3n) is 4.05. The van der Waals surface area contributed by atoms with Gasteiger partial charge in [-0.05, 0) is 50.5 Å². The predicted molar refractivity (Wildman–Crippen MR) is 92.6 cm³/mol. The zero-order chi connectivity index (χ0) is 17.9. The molecule has 0 saturated carbocycles. The van der Waals surface area contributed by atoms with Gasteiger partial charge in [0.05, 0.1) is 23.1 Å². The topological polar surface area (TPSA) is 72.9 Å². The van der Waals surface area contributed by atoms with Gasteiger partial charge in [-0.2, -0.15) is 5.10 Å². The Bertz CT molecular complexity index is 708. The fraction of sp³-hybridized carbons (Fsp3) is 0.444. The predicted octanol–water partition coefficient (Wildman–Crippen LogP) is 2.81. The first-order valence-corrected chi connectivity index (χ1v) is 8.09. The number of hydrogen-bond acceptors (Lipinski definition) is 3. The molecular weight excluding hydrogens is 307 g/mol. The van der Waals surface area contributed by atoms with Crippen LogP contribution in [0.1, 0.15) is 43.2 Å². The molecule has 1 aromatic heterocycles. The van der Waals surface area contributed by atoms with E-state index in [2.05, 4.69) is 24.3 Å². The third-order valence-corrected chi connectivity index (χ3v) is 4.05. The molecule has 24 heavy (non-hydrogen) atoms. The van der Waals surface area contributed by atoms with E-state index in [4.69, 9.17) is 5.73 Å². The van der Waals surface area contributed by atoms with Gasteiger partial charge in [-0.15, -0.1) is 0 Å². The quantitative estimate of drug-likeness (QED) is 0.854. The van der Waals surface area contributed by atoms with E-state index in [1.807, 2.05) is 13.8 Å². The van der Waals surface area contributed by atoms with E-state index in [-0.39, 0.29) is 11.7 Å². The molecule has 5 nitrogen and oxygen atoms in total. The molecular formula is C18H25FN4O. The van der Waals surface area contributed by atoms with Crippen LogP contribution < -0.4 is 11.1 Å². The van der Waals surface area contributed by atoms with Gasteiger partial charge in [0, 0.05) is 12.1 Å². The highest BCUT2D eigenvalue weighted by Gasteiger charge is 2.27. The van der Waals surface area contributed by atoms with Crippen molar-refractivity contribution in [2.75, 3.05) is 6.54 Å². The normalized spacial score (nSPS) is 13.8. The SMILES string of the molecule is Cc1c(C(=O)NC(C)(CN)CC(C)C)cnn1-c1ccc(F)cc1. The van der Waals surface area contributed by atoms with Gasteiger partial charge in [-0.1, -0.05) is 13.8 Å². The van der Waals surface area contributed by atoms with Gasteiger partial charge >= 0.3 is 0 Å². The second-order valence-electron chi connectivity index (χ2n) is 6.85. The highest BCUT2D eigenvalue weighted by molar-refractivity contribution is 5.95. The molecule has 2 rings (SSSR count). The van der Waals surface area contributed by atoms with E-state index in [0.717, 1.165) is 6.42 Å². The third kappa shape index (κ3) is 4.00. The summed E-state index contributed by atoms with van der Waals surface area (Å²) in [5.74, 6) is -0.0923. The van der Waals surface area contributed by atoms with Crippen molar-refractivity contribution in [3.63, 3.8) is 0 Å². The molecule has 1 amide bonds. The maximum atomic E-state index is 13.1. The highest BCUT2D eigenvalue weighted by Crippen LogP contribution is 2.19. The molecule has 3 N–H and O–H groups in total. The minimum Gasteiger partial charge on any atom is -0.345 e. The summed E-state index contributed by atoms with van der Waals surface area (Å²) in [6, 6.07) is 5.98. The lowest BCUT2D eigenvalue weighted by Gasteiger charge is -2.31. The molecule has 1 aromatic carbocycles. The number of nitrogens with two attached hydrogens (primary N) is 1. The van der Waals surface area contributed by atoms with Gasteiger partial charge < -0.3 is 11.1 Å². The lowest BCUT2D eigenvalue weighted by molar-refractivity contribution is 0.0897. The van der Waals surface area contributed by atoms with Crippen LogP contribution in [0.15, 0.2) is 30.5 Å². The second kappa shape index (κ2) is 7.13. The molecule has 0 aliphatic carbocycles. The average Bonchev–Trinajstić information content (AvgIpc) is 2.89. The maximum absolute atomic E-state index is 13.1. The first-order chi connectivity index (χ1) is 11.3. The first kappa shape index (κ1) is 18.1. The van der Waals surface area contributed by atoms with E-state index in [1.165, 1.54) is 18.3 Å². The summed E-state index contributed by atoms with van der Waals surface area (Å²) in [5.41, 5.74) is 7.29. The summed E-state index contributed by atoms with van der Waals surface area (Å²) in [5, 5.41) is 7.28. The molecule has 1 unspecified atom stereocenters. The minimum atomic E-state index is -0.463. The molecule has 0 fully saturated rings. The lowest BCUT2D eigenvalue weighted by atomic mass is 9.90. The van der Waals surface area contributed by atoms with E-state index in [0.29, 0.717) is 29.4 Å². The van der Waals surface area contributed by atoms with Crippen LogP contribution in [0.2, 0.25) is 0 Å². The monoisotopic (exact) mass is 332 g/mol. The number of benzene rings is 1. The number of rotatable bonds is 6. The van der Waals surface area contributed by atoms with Gasteiger partial charge in [-0.3, -0.25) is 4.79 Å². The standard InChI is InChI=1S/C18H25FN4O/c1-12(2)9-18(4,11-20)22-17(24)16-10-21-23(13(16)3)15-7-5-14(19)6-8-15/h5-8,10,12H,9,11,20H2,1-4H3,(H,22,24). The largest absolute Gasteiger partial charge is 0.345 e. The summed E-state index contributed by atoms with van der Waals surface area (Å²) in [4.78, 5) is 12.6. The Hall–Kier alpha value is -2.21. The molecule has 0 radical (unpaired) electrons. The molecule has 1 heterocycles. The number of halogens is 1. The lowest BCUT2D eigenvalue weighted by Crippen LogP contribution is -2.52. The van der Waals surface area contributed by atoms with Crippen LogP contribution in [0, 0.1) is 18.7 Å². The van der Waals surface area contributed by atoms with Crippen molar-refractivity contribution in [3.05, 3.63) is 47.5 Å². The fourth-order valence-corrected chi connectivity index (χ4v) is 2.90. The van der Waals surface area contributed by atoms with Crippen LogP contribution in [0.3, 0.4) is 0 Å². The van der Waals surface area contributed by atoms with Crippen LogP contribution in [-0.2, 0) is 0 Å². The molecule has 0 aliphatic rings. The van der Waals surface area contributed by atoms with Crippen molar-refractivity contribution in [2.24, 2.45) is 11.7 Å². The Morgan fingerprint density at radius 1 is 1.38 bits per heavy atom. The summed E-state index contributed by atoms with van der Waals surface area (Å²) in [6.07, 6.45) is 2.32. The number of carbonyl (C=O) groups excluding carboxylic acids is 1. The Balaban J connectivity index is 2.24. The van der Waals surface area contributed by atoms with Crippen molar-refractivity contribution in [1.29, 1.82) is 0 Å². The zero-order valence-corrected chi connectivity index (χ0v) is 14.6. The Morgan fingerprint density at radius 3 is 2.54 bits per heavy atom. The highest BCUT2D eigenvalue weighted by atomic mass is 19.1. The van der Waals surface area contributed by atoms with Crippen LogP contribution in [-0.4, -0.2) is 27.8 Å². The second-order valence-corrected chi connectivity index (χ2v) is 6.85. The summed E-state index contributed by atoms with van der Waals surface area (Å²) >= 11 is 0. The van der Waals surface area contributed by atoms with Crippen LogP contribution in [0.4, 0.5) is 4.39 Å². The first-order valence-electron chi connectivity index (χ1n) is 8.09. The van der Waals surface area contributed by atoms with E-state index in [1.54, 1.807) is 16.8 Å². The molecule has 1 atom stereocenters. The minimum absolute atomic E-state index is 0.200. The molecule has 6 heteroatoms. The summed E-state index contributed by atoms with van der Waals surface area (Å²) in [6.45, 7) is 8.32. The molecule has 2 aromatic rings.